The SMILES string of the molecule is CCCCOC1=C(C(=O)OCC)C(=O)N2C=C(CO)OC3=C(Cc4ccc(F)cc4)C=NC1C32. The predicted molar refractivity (Wildman–Crippen MR) is 121 cm³/mol. The Bertz CT molecular complexity index is 1090. The molecule has 0 aliphatic carbocycles. The van der Waals surface area contributed by atoms with Gasteiger partial charge in [-0.3, -0.25) is 14.7 Å². The molecular formula is C25H27FN2O6. The monoisotopic (exact) mass is 470 g/mol. The first-order valence-electron chi connectivity index (χ1n) is 11.3. The summed E-state index contributed by atoms with van der Waals surface area (Å²) in [5.74, 6) is -0.964. The van der Waals surface area contributed by atoms with Crippen molar-refractivity contribution in [3.8, 4) is 0 Å². The van der Waals surface area contributed by atoms with E-state index in [1.54, 1.807) is 25.3 Å². The van der Waals surface area contributed by atoms with Crippen molar-refractivity contribution in [3.63, 3.8) is 0 Å². The van der Waals surface area contributed by atoms with Crippen molar-refractivity contribution < 1.29 is 33.3 Å². The Balaban J connectivity index is 1.79. The Morgan fingerprint density at radius 2 is 2.03 bits per heavy atom. The van der Waals surface area contributed by atoms with Crippen LogP contribution >= 0.6 is 0 Å². The predicted octanol–water partition coefficient (Wildman–Crippen LogP) is 2.78. The Kier molecular flexibility index (Phi) is 7.12. The molecule has 2 unspecified atom stereocenters. The van der Waals surface area contributed by atoms with Crippen LogP contribution in [0, 0.1) is 5.82 Å². The third-order valence-corrected chi connectivity index (χ3v) is 5.76. The molecule has 34 heavy (non-hydrogen) atoms. The molecule has 0 fully saturated rings. The fraction of sp³-hybridized carbons (Fsp3) is 0.400. The lowest BCUT2D eigenvalue weighted by molar-refractivity contribution is -0.143. The first-order chi connectivity index (χ1) is 16.5. The van der Waals surface area contributed by atoms with Gasteiger partial charge in [0, 0.05) is 24.4 Å². The fourth-order valence-corrected chi connectivity index (χ4v) is 4.14. The van der Waals surface area contributed by atoms with Crippen molar-refractivity contribution >= 4 is 18.1 Å². The van der Waals surface area contributed by atoms with Crippen LogP contribution in [0.3, 0.4) is 0 Å². The average Bonchev–Trinajstić information content (AvgIpc) is 2.84. The highest BCUT2D eigenvalue weighted by Gasteiger charge is 2.51. The van der Waals surface area contributed by atoms with Gasteiger partial charge in [0.25, 0.3) is 5.91 Å². The maximum Gasteiger partial charge on any atom is 0.347 e. The minimum absolute atomic E-state index is 0.100. The van der Waals surface area contributed by atoms with Gasteiger partial charge in [0.05, 0.1) is 13.2 Å². The van der Waals surface area contributed by atoms with Gasteiger partial charge in [0.1, 0.15) is 41.8 Å². The Morgan fingerprint density at radius 3 is 2.71 bits per heavy atom. The molecule has 1 N–H and O–H groups in total. The number of hydrogen-bond acceptors (Lipinski definition) is 7. The second-order valence-electron chi connectivity index (χ2n) is 8.09. The van der Waals surface area contributed by atoms with Gasteiger partial charge in [-0.25, -0.2) is 9.18 Å². The average molecular weight is 470 g/mol. The molecule has 9 heteroatoms. The number of aliphatic hydroxyl groups excluding tert-OH is 1. The van der Waals surface area contributed by atoms with Gasteiger partial charge < -0.3 is 19.3 Å². The quantitative estimate of drug-likeness (QED) is 0.339. The van der Waals surface area contributed by atoms with Gasteiger partial charge in [-0.15, -0.1) is 0 Å². The number of ether oxygens (including phenoxy) is 3. The van der Waals surface area contributed by atoms with Gasteiger partial charge in [0.2, 0.25) is 0 Å². The molecule has 8 nitrogen and oxygen atoms in total. The zero-order valence-electron chi connectivity index (χ0n) is 19.1. The summed E-state index contributed by atoms with van der Waals surface area (Å²) in [6, 6.07) is 4.67. The summed E-state index contributed by atoms with van der Waals surface area (Å²) in [5.41, 5.74) is 1.30. The zero-order valence-corrected chi connectivity index (χ0v) is 19.1. The second kappa shape index (κ2) is 10.2. The Morgan fingerprint density at radius 1 is 1.26 bits per heavy atom. The normalized spacial score (nSPS) is 21.2. The van der Waals surface area contributed by atoms with E-state index in [4.69, 9.17) is 14.2 Å². The highest BCUT2D eigenvalue weighted by Crippen LogP contribution is 2.40. The van der Waals surface area contributed by atoms with E-state index in [1.807, 2.05) is 6.92 Å². The number of esters is 1. The van der Waals surface area contributed by atoms with Crippen LogP contribution in [0.15, 0.2) is 63.9 Å². The lowest BCUT2D eigenvalue weighted by Gasteiger charge is -2.44. The molecule has 0 aromatic heterocycles. The van der Waals surface area contributed by atoms with Crippen LogP contribution in [0.25, 0.3) is 0 Å². The van der Waals surface area contributed by atoms with Crippen LogP contribution in [0.1, 0.15) is 32.3 Å². The van der Waals surface area contributed by atoms with Gasteiger partial charge in [-0.1, -0.05) is 25.5 Å². The molecule has 1 amide bonds. The minimum atomic E-state index is -0.777. The zero-order chi connectivity index (χ0) is 24.2. The number of aliphatic hydroxyl groups is 1. The van der Waals surface area contributed by atoms with E-state index < -0.39 is 30.6 Å². The number of benzene rings is 1. The van der Waals surface area contributed by atoms with Gasteiger partial charge in [0.15, 0.2) is 5.57 Å². The number of allylic oxidation sites excluding steroid dienone is 1. The van der Waals surface area contributed by atoms with Gasteiger partial charge >= 0.3 is 5.97 Å². The van der Waals surface area contributed by atoms with Crippen LogP contribution in [-0.2, 0) is 30.2 Å². The van der Waals surface area contributed by atoms with Crippen LogP contribution in [0.5, 0.6) is 0 Å². The summed E-state index contributed by atoms with van der Waals surface area (Å²) < 4.78 is 30.4. The molecule has 3 aliphatic rings. The number of hydrogen-bond donors (Lipinski definition) is 1. The molecule has 0 saturated heterocycles. The van der Waals surface area contributed by atoms with Crippen molar-refractivity contribution in [2.24, 2.45) is 4.99 Å². The topological polar surface area (TPSA) is 97.7 Å². The van der Waals surface area contributed by atoms with Crippen molar-refractivity contribution in [1.82, 2.24) is 4.90 Å². The van der Waals surface area contributed by atoms with Crippen molar-refractivity contribution in [2.45, 2.75) is 45.2 Å². The summed E-state index contributed by atoms with van der Waals surface area (Å²) in [6.45, 7) is 3.65. The van der Waals surface area contributed by atoms with Crippen molar-refractivity contribution in [2.75, 3.05) is 19.8 Å². The third-order valence-electron chi connectivity index (χ3n) is 5.76. The molecule has 0 spiro atoms. The summed E-state index contributed by atoms with van der Waals surface area (Å²) in [5, 5.41) is 9.77. The van der Waals surface area contributed by atoms with E-state index in [0.29, 0.717) is 24.4 Å². The number of halogens is 1. The molecule has 3 aliphatic heterocycles. The number of carbonyl (C=O) groups is 2. The number of aliphatic imine (C=N–C) groups is 1. The van der Waals surface area contributed by atoms with E-state index in [2.05, 4.69) is 4.99 Å². The molecule has 0 saturated carbocycles. The standard InChI is InChI=1S/C25H27FN2O6/c1-3-5-10-33-23-19(25(31)32-4-2)24(30)28-13-18(14-29)34-22-16(12-27-20(23)21(22)28)11-15-6-8-17(26)9-7-15/h6-9,12-13,20-21,29H,3-5,10-11,14H2,1-2H3. The summed E-state index contributed by atoms with van der Waals surface area (Å²) in [7, 11) is 0. The molecule has 4 rings (SSSR count). The lowest BCUT2D eigenvalue weighted by Crippen LogP contribution is -2.55. The van der Waals surface area contributed by atoms with Gasteiger partial charge in [-0.05, 0) is 31.0 Å². The van der Waals surface area contributed by atoms with Gasteiger partial charge in [-0.2, -0.15) is 0 Å². The van der Waals surface area contributed by atoms with E-state index in [9.17, 15) is 19.1 Å². The number of carbonyl (C=O) groups excluding carboxylic acids is 2. The van der Waals surface area contributed by atoms with Crippen molar-refractivity contribution in [1.29, 1.82) is 0 Å². The van der Waals surface area contributed by atoms with E-state index in [1.165, 1.54) is 23.2 Å². The Hall–Kier alpha value is -3.46. The Labute approximate surface area is 197 Å². The van der Waals surface area contributed by atoms with Crippen molar-refractivity contribution in [3.05, 3.63) is 70.3 Å². The number of amides is 1. The smallest absolute Gasteiger partial charge is 0.347 e. The molecule has 180 valence electrons. The first-order valence-corrected chi connectivity index (χ1v) is 11.3. The maximum atomic E-state index is 13.5. The molecule has 2 atom stereocenters. The highest BCUT2D eigenvalue weighted by atomic mass is 19.1. The number of unbranched alkanes of at least 4 members (excludes halogenated alkanes) is 1. The highest BCUT2D eigenvalue weighted by molar-refractivity contribution is 6.18. The van der Waals surface area contributed by atoms with Crippen LogP contribution in [0.4, 0.5) is 4.39 Å². The minimum Gasteiger partial charge on any atom is -0.494 e. The molecular weight excluding hydrogens is 443 g/mol. The maximum absolute atomic E-state index is 13.5. The molecule has 1 aromatic rings. The number of nitrogens with zero attached hydrogens (tertiary/aromatic N) is 2. The lowest BCUT2D eigenvalue weighted by atomic mass is 9.87. The van der Waals surface area contributed by atoms with Crippen LogP contribution in [-0.4, -0.2) is 60.0 Å². The largest absolute Gasteiger partial charge is 0.494 e. The molecule has 1 aromatic carbocycles. The van der Waals surface area contributed by atoms with E-state index >= 15 is 0 Å². The van der Waals surface area contributed by atoms with E-state index in [0.717, 1.165) is 18.4 Å². The molecule has 0 radical (unpaired) electrons. The number of rotatable bonds is 9. The van der Waals surface area contributed by atoms with Crippen LogP contribution < -0.4 is 0 Å². The summed E-state index contributed by atoms with van der Waals surface area (Å²) in [4.78, 5) is 32.3. The summed E-state index contributed by atoms with van der Waals surface area (Å²) >= 11 is 0. The molecule has 3 heterocycles. The van der Waals surface area contributed by atoms with Crippen LogP contribution in [0.2, 0.25) is 0 Å². The number of dihydropyridines is 1. The summed E-state index contributed by atoms with van der Waals surface area (Å²) in [6.07, 6.45) is 5.01. The second-order valence-corrected chi connectivity index (χ2v) is 8.09. The molecule has 0 bridgehead atoms. The van der Waals surface area contributed by atoms with E-state index in [-0.39, 0.29) is 29.5 Å². The first kappa shape index (κ1) is 23.7. The third kappa shape index (κ3) is 4.48. The fourth-order valence-electron chi connectivity index (χ4n) is 4.14.